The van der Waals surface area contributed by atoms with Crippen molar-refractivity contribution in [3.05, 3.63) is 17.7 Å². The third-order valence-electron chi connectivity index (χ3n) is 4.18. The maximum absolute atomic E-state index is 6.17. The quantitative estimate of drug-likeness (QED) is 0.844. The second kappa shape index (κ2) is 5.17. The molecule has 0 saturated carbocycles. The number of ether oxygens (including phenoxy) is 2. The van der Waals surface area contributed by atoms with Gasteiger partial charge in [0.25, 0.3) is 0 Å². The number of nitrogens with zero attached hydrogens (tertiary/aromatic N) is 1. The Hall–Kier alpha value is -1.42. The van der Waals surface area contributed by atoms with Crippen LogP contribution in [0.1, 0.15) is 32.3 Å². The molecule has 2 aliphatic rings. The van der Waals surface area contributed by atoms with Gasteiger partial charge in [0.05, 0.1) is 0 Å². The first-order valence-corrected chi connectivity index (χ1v) is 7.44. The molecule has 3 rings (SSSR count). The van der Waals surface area contributed by atoms with Gasteiger partial charge in [0, 0.05) is 24.8 Å². The summed E-state index contributed by atoms with van der Waals surface area (Å²) in [6, 6.07) is 3.95. The normalized spacial score (nSPS) is 21.7. The Balaban J connectivity index is 1.77. The lowest BCUT2D eigenvalue weighted by Crippen LogP contribution is -2.39. The maximum atomic E-state index is 6.17. The third kappa shape index (κ3) is 2.85. The van der Waals surface area contributed by atoms with Crippen molar-refractivity contribution in [1.29, 1.82) is 0 Å². The molecule has 2 aliphatic heterocycles. The number of fused-ring (bicyclic) bond motifs is 1. The van der Waals surface area contributed by atoms with Crippen molar-refractivity contribution in [3.63, 3.8) is 0 Å². The van der Waals surface area contributed by atoms with Crippen molar-refractivity contribution in [2.24, 2.45) is 5.41 Å². The van der Waals surface area contributed by atoms with Crippen LogP contribution < -0.4 is 15.2 Å². The van der Waals surface area contributed by atoms with Gasteiger partial charge in [-0.3, -0.25) is 4.90 Å². The number of benzene rings is 1. The zero-order chi connectivity index (χ0) is 14.2. The molecule has 0 atom stereocenters. The number of rotatable bonds is 2. The first-order chi connectivity index (χ1) is 9.53. The molecular weight excluding hydrogens is 252 g/mol. The zero-order valence-corrected chi connectivity index (χ0v) is 12.4. The summed E-state index contributed by atoms with van der Waals surface area (Å²) in [6.07, 6.45) is 2.57. The molecule has 0 unspecified atom stereocenters. The SMILES string of the molecule is CC1(C)CCCN(Cc2cc3c(cc2N)OCCO3)C1. The summed E-state index contributed by atoms with van der Waals surface area (Å²) in [5, 5.41) is 0. The van der Waals surface area contributed by atoms with Gasteiger partial charge in [0.1, 0.15) is 13.2 Å². The molecule has 20 heavy (non-hydrogen) atoms. The van der Waals surface area contributed by atoms with E-state index >= 15 is 0 Å². The Morgan fingerprint density at radius 2 is 1.90 bits per heavy atom. The first kappa shape index (κ1) is 13.6. The number of nitrogens with two attached hydrogens (primary N) is 1. The van der Waals surface area contributed by atoms with Crippen molar-refractivity contribution in [1.82, 2.24) is 4.90 Å². The summed E-state index contributed by atoms with van der Waals surface area (Å²) in [4.78, 5) is 2.49. The molecule has 0 bridgehead atoms. The smallest absolute Gasteiger partial charge is 0.163 e. The number of nitrogen functional groups attached to an aromatic ring is 1. The van der Waals surface area contributed by atoms with Gasteiger partial charge >= 0.3 is 0 Å². The van der Waals surface area contributed by atoms with Crippen molar-refractivity contribution in [2.45, 2.75) is 33.2 Å². The fourth-order valence-corrected chi connectivity index (χ4v) is 3.20. The van der Waals surface area contributed by atoms with E-state index in [0.717, 1.165) is 42.4 Å². The van der Waals surface area contributed by atoms with Crippen LogP contribution in [0.5, 0.6) is 11.5 Å². The van der Waals surface area contributed by atoms with E-state index in [9.17, 15) is 0 Å². The lowest BCUT2D eigenvalue weighted by molar-refractivity contribution is 0.111. The summed E-state index contributed by atoms with van der Waals surface area (Å²) in [5.74, 6) is 1.60. The van der Waals surface area contributed by atoms with Crippen molar-refractivity contribution in [3.8, 4) is 11.5 Å². The monoisotopic (exact) mass is 276 g/mol. The van der Waals surface area contributed by atoms with E-state index in [1.54, 1.807) is 0 Å². The molecule has 1 aromatic rings. The summed E-state index contributed by atoms with van der Waals surface area (Å²) >= 11 is 0. The minimum atomic E-state index is 0.404. The molecule has 1 saturated heterocycles. The maximum Gasteiger partial charge on any atom is 0.163 e. The average Bonchev–Trinajstić information content (AvgIpc) is 2.38. The summed E-state index contributed by atoms with van der Waals surface area (Å²) in [6.45, 7) is 9.07. The molecule has 4 nitrogen and oxygen atoms in total. The summed E-state index contributed by atoms with van der Waals surface area (Å²) in [5.41, 5.74) is 8.52. The zero-order valence-electron chi connectivity index (χ0n) is 12.4. The van der Waals surface area contributed by atoms with Crippen LogP contribution in [0.2, 0.25) is 0 Å². The van der Waals surface area contributed by atoms with Gasteiger partial charge in [-0.05, 0) is 36.4 Å². The van der Waals surface area contributed by atoms with Crippen LogP contribution in [0.15, 0.2) is 12.1 Å². The predicted octanol–water partition coefficient (Wildman–Crippen LogP) is 2.66. The summed E-state index contributed by atoms with van der Waals surface area (Å²) in [7, 11) is 0. The van der Waals surface area contributed by atoms with Crippen LogP contribution in [0.25, 0.3) is 0 Å². The second-order valence-electron chi connectivity index (χ2n) is 6.67. The minimum absolute atomic E-state index is 0.404. The number of anilines is 1. The highest BCUT2D eigenvalue weighted by molar-refractivity contribution is 5.58. The van der Waals surface area contributed by atoms with Crippen LogP contribution in [0.3, 0.4) is 0 Å². The van der Waals surface area contributed by atoms with Gasteiger partial charge in [-0.2, -0.15) is 0 Å². The Morgan fingerprint density at radius 1 is 1.20 bits per heavy atom. The Kier molecular flexibility index (Phi) is 3.50. The Bertz CT molecular complexity index is 499. The van der Waals surface area contributed by atoms with E-state index < -0.39 is 0 Å². The average molecular weight is 276 g/mol. The van der Waals surface area contributed by atoms with E-state index in [2.05, 4.69) is 18.7 Å². The van der Waals surface area contributed by atoms with Gasteiger partial charge in [-0.1, -0.05) is 13.8 Å². The lowest BCUT2D eigenvalue weighted by atomic mass is 9.84. The van der Waals surface area contributed by atoms with Crippen LogP contribution >= 0.6 is 0 Å². The molecule has 0 aliphatic carbocycles. The molecule has 2 N–H and O–H groups in total. The number of hydrogen-bond acceptors (Lipinski definition) is 4. The van der Waals surface area contributed by atoms with Crippen molar-refractivity contribution >= 4 is 5.69 Å². The van der Waals surface area contributed by atoms with Gasteiger partial charge < -0.3 is 15.2 Å². The lowest BCUT2D eigenvalue weighted by Gasteiger charge is -2.38. The van der Waals surface area contributed by atoms with Crippen LogP contribution in [-0.4, -0.2) is 31.2 Å². The molecule has 2 heterocycles. The fraction of sp³-hybridized carbons (Fsp3) is 0.625. The van der Waals surface area contributed by atoms with Gasteiger partial charge in [-0.25, -0.2) is 0 Å². The van der Waals surface area contributed by atoms with E-state index in [-0.39, 0.29) is 0 Å². The Labute approximate surface area is 120 Å². The highest BCUT2D eigenvalue weighted by Crippen LogP contribution is 2.36. The highest BCUT2D eigenvalue weighted by atomic mass is 16.6. The van der Waals surface area contributed by atoms with Crippen molar-refractivity contribution < 1.29 is 9.47 Å². The standard InChI is InChI=1S/C16H24N2O2/c1-16(2)4-3-5-18(11-16)10-12-8-14-15(9-13(12)17)20-7-6-19-14/h8-9H,3-7,10-11,17H2,1-2H3. The van der Waals surface area contributed by atoms with E-state index in [1.807, 2.05) is 12.1 Å². The molecule has 0 spiro atoms. The third-order valence-corrected chi connectivity index (χ3v) is 4.18. The first-order valence-electron chi connectivity index (χ1n) is 7.44. The fourth-order valence-electron chi connectivity index (χ4n) is 3.20. The van der Waals surface area contributed by atoms with Crippen molar-refractivity contribution in [2.75, 3.05) is 32.0 Å². The van der Waals surface area contributed by atoms with E-state index in [4.69, 9.17) is 15.2 Å². The largest absolute Gasteiger partial charge is 0.486 e. The Morgan fingerprint density at radius 3 is 2.60 bits per heavy atom. The van der Waals surface area contributed by atoms with Gasteiger partial charge in [0.15, 0.2) is 11.5 Å². The summed E-state index contributed by atoms with van der Waals surface area (Å²) < 4.78 is 11.2. The molecular formula is C16H24N2O2. The second-order valence-corrected chi connectivity index (χ2v) is 6.67. The van der Waals surface area contributed by atoms with Crippen LogP contribution in [-0.2, 0) is 6.54 Å². The molecule has 0 amide bonds. The number of hydrogen-bond donors (Lipinski definition) is 1. The van der Waals surface area contributed by atoms with Crippen LogP contribution in [0, 0.1) is 5.41 Å². The molecule has 1 aromatic carbocycles. The number of piperidine rings is 1. The molecule has 0 radical (unpaired) electrons. The van der Waals surface area contributed by atoms with Gasteiger partial charge in [0.2, 0.25) is 0 Å². The minimum Gasteiger partial charge on any atom is -0.486 e. The topological polar surface area (TPSA) is 47.7 Å². The van der Waals surface area contributed by atoms with Crippen LogP contribution in [0.4, 0.5) is 5.69 Å². The number of likely N-dealkylation sites (tertiary alicyclic amines) is 1. The molecule has 1 fully saturated rings. The van der Waals surface area contributed by atoms with Gasteiger partial charge in [-0.15, -0.1) is 0 Å². The van der Waals surface area contributed by atoms with E-state index in [1.165, 1.54) is 12.8 Å². The predicted molar refractivity (Wildman–Crippen MR) is 80.1 cm³/mol. The highest BCUT2D eigenvalue weighted by Gasteiger charge is 2.27. The molecule has 110 valence electrons. The molecule has 4 heteroatoms. The van der Waals surface area contributed by atoms with E-state index in [0.29, 0.717) is 18.6 Å². The molecule has 0 aromatic heterocycles.